The third kappa shape index (κ3) is 2.30. The van der Waals surface area contributed by atoms with Gasteiger partial charge in [0.25, 0.3) is 0 Å². The Hall–Kier alpha value is -0.800. The summed E-state index contributed by atoms with van der Waals surface area (Å²) in [6.45, 7) is 5.01. The van der Waals surface area contributed by atoms with Crippen LogP contribution in [0.4, 0.5) is 0 Å². The lowest BCUT2D eigenvalue weighted by atomic mass is 9.97. The number of carbonyl (C=O) groups excluding carboxylic acids is 1. The van der Waals surface area contributed by atoms with Crippen molar-refractivity contribution in [3.8, 4) is 0 Å². The molecule has 1 aromatic carbocycles. The van der Waals surface area contributed by atoms with Gasteiger partial charge in [-0.2, -0.15) is 11.8 Å². The summed E-state index contributed by atoms with van der Waals surface area (Å²) in [5.41, 5.74) is 3.18. The molecule has 1 atom stereocenters. The molecule has 0 saturated carbocycles. The molecule has 16 heavy (non-hydrogen) atoms. The van der Waals surface area contributed by atoms with Crippen molar-refractivity contribution in [2.24, 2.45) is 0 Å². The van der Waals surface area contributed by atoms with Crippen molar-refractivity contribution in [3.05, 3.63) is 34.9 Å². The monoisotopic (exact) mass is 235 g/mol. The Labute approximate surface area is 101 Å². The van der Waals surface area contributed by atoms with E-state index in [1.54, 1.807) is 0 Å². The van der Waals surface area contributed by atoms with Gasteiger partial charge in [-0.25, -0.2) is 0 Å². The number of nitrogens with one attached hydrogen (secondary N) is 1. The maximum atomic E-state index is 12.3. The van der Waals surface area contributed by atoms with E-state index in [0.29, 0.717) is 0 Å². The van der Waals surface area contributed by atoms with E-state index in [1.807, 2.05) is 30.8 Å². The van der Waals surface area contributed by atoms with Gasteiger partial charge in [-0.05, 0) is 25.0 Å². The molecule has 1 fully saturated rings. The summed E-state index contributed by atoms with van der Waals surface area (Å²) in [7, 11) is 0. The van der Waals surface area contributed by atoms with Crippen molar-refractivity contribution in [2.75, 3.05) is 18.1 Å². The molecule has 1 aliphatic heterocycles. The number of rotatable bonds is 2. The van der Waals surface area contributed by atoms with Crippen LogP contribution in [0.3, 0.4) is 0 Å². The van der Waals surface area contributed by atoms with Crippen molar-refractivity contribution in [1.82, 2.24) is 5.32 Å². The van der Waals surface area contributed by atoms with Gasteiger partial charge in [-0.3, -0.25) is 4.79 Å². The number of carbonyl (C=O) groups is 1. The summed E-state index contributed by atoms with van der Waals surface area (Å²) >= 11 is 1.85. The van der Waals surface area contributed by atoms with Gasteiger partial charge < -0.3 is 5.32 Å². The van der Waals surface area contributed by atoms with Crippen LogP contribution in [0.25, 0.3) is 0 Å². The lowest BCUT2D eigenvalue weighted by molar-refractivity contribution is 0.0952. The second kappa shape index (κ2) is 5.02. The molecule has 0 bridgehead atoms. The highest BCUT2D eigenvalue weighted by atomic mass is 32.2. The van der Waals surface area contributed by atoms with Gasteiger partial charge in [-0.15, -0.1) is 0 Å². The fraction of sp³-hybridized carbons (Fsp3) is 0.462. The van der Waals surface area contributed by atoms with Crippen LogP contribution < -0.4 is 5.32 Å². The van der Waals surface area contributed by atoms with Gasteiger partial charge in [0, 0.05) is 23.6 Å². The van der Waals surface area contributed by atoms with E-state index in [2.05, 4.69) is 18.3 Å². The summed E-state index contributed by atoms with van der Waals surface area (Å²) in [5.74, 6) is 2.25. The minimum absolute atomic E-state index is 0.000694. The molecule has 1 aromatic rings. The Balaban J connectivity index is 2.22. The smallest absolute Gasteiger partial charge is 0.180 e. The molecule has 1 N–H and O–H groups in total. The summed E-state index contributed by atoms with van der Waals surface area (Å²) in [6, 6.07) is 5.95. The molecular formula is C13H17NOS. The average molecular weight is 235 g/mol. The highest BCUT2D eigenvalue weighted by molar-refractivity contribution is 7.99. The molecule has 86 valence electrons. The van der Waals surface area contributed by atoms with Crippen molar-refractivity contribution in [2.45, 2.75) is 19.9 Å². The van der Waals surface area contributed by atoms with Crippen LogP contribution in [0.2, 0.25) is 0 Å². The van der Waals surface area contributed by atoms with Crippen molar-refractivity contribution < 1.29 is 4.79 Å². The number of benzene rings is 1. The second-order valence-corrected chi connectivity index (χ2v) is 5.34. The van der Waals surface area contributed by atoms with Crippen LogP contribution in [0, 0.1) is 13.8 Å². The maximum absolute atomic E-state index is 12.3. The Bertz CT molecular complexity index is 397. The fourth-order valence-electron chi connectivity index (χ4n) is 1.94. The fourth-order valence-corrected chi connectivity index (χ4v) is 2.87. The van der Waals surface area contributed by atoms with E-state index < -0.39 is 0 Å². The van der Waals surface area contributed by atoms with Gasteiger partial charge in [0.15, 0.2) is 5.78 Å². The highest BCUT2D eigenvalue weighted by Gasteiger charge is 2.23. The molecule has 1 saturated heterocycles. The van der Waals surface area contributed by atoms with E-state index >= 15 is 0 Å². The predicted molar refractivity (Wildman–Crippen MR) is 69.4 cm³/mol. The van der Waals surface area contributed by atoms with Crippen LogP contribution in [-0.2, 0) is 0 Å². The SMILES string of the molecule is Cc1cccc(C(=O)C2CSCCN2)c1C. The number of hydrogen-bond acceptors (Lipinski definition) is 3. The first-order chi connectivity index (χ1) is 7.70. The van der Waals surface area contributed by atoms with Gasteiger partial charge in [0.1, 0.15) is 0 Å². The topological polar surface area (TPSA) is 29.1 Å². The summed E-state index contributed by atoms with van der Waals surface area (Å²) < 4.78 is 0. The van der Waals surface area contributed by atoms with Crippen LogP contribution in [0.1, 0.15) is 21.5 Å². The molecule has 0 aromatic heterocycles. The Kier molecular flexibility index (Phi) is 3.66. The number of Topliss-reactive ketones (excluding diaryl/α,β-unsaturated/α-hetero) is 1. The predicted octanol–water partition coefficient (Wildman–Crippen LogP) is 2.19. The van der Waals surface area contributed by atoms with Crippen molar-refractivity contribution in [1.29, 1.82) is 0 Å². The van der Waals surface area contributed by atoms with E-state index in [0.717, 1.165) is 29.2 Å². The molecule has 2 nitrogen and oxygen atoms in total. The number of ketones is 1. The molecular weight excluding hydrogens is 218 g/mol. The van der Waals surface area contributed by atoms with Gasteiger partial charge in [0.05, 0.1) is 6.04 Å². The normalized spacial score (nSPS) is 20.8. The Morgan fingerprint density at radius 3 is 2.94 bits per heavy atom. The standard InChI is InChI=1S/C13H17NOS/c1-9-4-3-5-11(10(9)2)13(15)12-8-16-7-6-14-12/h3-5,12,14H,6-8H2,1-2H3. The van der Waals surface area contributed by atoms with E-state index in [9.17, 15) is 4.79 Å². The molecule has 1 heterocycles. The van der Waals surface area contributed by atoms with E-state index in [-0.39, 0.29) is 11.8 Å². The van der Waals surface area contributed by atoms with E-state index in [4.69, 9.17) is 0 Å². The lowest BCUT2D eigenvalue weighted by Gasteiger charge is -2.22. The Morgan fingerprint density at radius 2 is 2.25 bits per heavy atom. The molecule has 0 radical (unpaired) electrons. The molecule has 0 aliphatic carbocycles. The summed E-state index contributed by atoms with van der Waals surface area (Å²) in [4.78, 5) is 12.3. The highest BCUT2D eigenvalue weighted by Crippen LogP contribution is 2.17. The lowest BCUT2D eigenvalue weighted by Crippen LogP contribution is -2.43. The maximum Gasteiger partial charge on any atom is 0.180 e. The van der Waals surface area contributed by atoms with Crippen LogP contribution in [0.5, 0.6) is 0 Å². The van der Waals surface area contributed by atoms with Crippen molar-refractivity contribution >= 4 is 17.5 Å². The quantitative estimate of drug-likeness (QED) is 0.797. The minimum atomic E-state index is -0.000694. The summed E-state index contributed by atoms with van der Waals surface area (Å²) in [6.07, 6.45) is 0. The van der Waals surface area contributed by atoms with Crippen LogP contribution in [0.15, 0.2) is 18.2 Å². The molecule has 3 heteroatoms. The first-order valence-electron chi connectivity index (χ1n) is 5.61. The summed E-state index contributed by atoms with van der Waals surface area (Å²) in [5, 5.41) is 3.29. The minimum Gasteiger partial charge on any atom is -0.306 e. The zero-order valence-electron chi connectivity index (χ0n) is 9.75. The number of hydrogen-bond donors (Lipinski definition) is 1. The largest absolute Gasteiger partial charge is 0.306 e. The first-order valence-corrected chi connectivity index (χ1v) is 6.77. The van der Waals surface area contributed by atoms with Crippen molar-refractivity contribution in [3.63, 3.8) is 0 Å². The molecule has 0 spiro atoms. The number of aryl methyl sites for hydroxylation is 1. The first kappa shape index (κ1) is 11.7. The molecule has 1 unspecified atom stereocenters. The molecule has 1 aliphatic rings. The Morgan fingerprint density at radius 1 is 1.44 bits per heavy atom. The third-order valence-electron chi connectivity index (χ3n) is 3.11. The molecule has 2 rings (SSSR count). The van der Waals surface area contributed by atoms with Gasteiger partial charge in [0.2, 0.25) is 0 Å². The zero-order valence-corrected chi connectivity index (χ0v) is 10.6. The zero-order chi connectivity index (χ0) is 11.5. The molecule has 0 amide bonds. The second-order valence-electron chi connectivity index (χ2n) is 4.19. The van der Waals surface area contributed by atoms with Gasteiger partial charge >= 0.3 is 0 Å². The average Bonchev–Trinajstić information content (AvgIpc) is 2.33. The third-order valence-corrected chi connectivity index (χ3v) is 4.17. The van der Waals surface area contributed by atoms with E-state index in [1.165, 1.54) is 5.56 Å². The van der Waals surface area contributed by atoms with Crippen LogP contribution >= 0.6 is 11.8 Å². The van der Waals surface area contributed by atoms with Crippen LogP contribution in [-0.4, -0.2) is 29.9 Å². The van der Waals surface area contributed by atoms with Gasteiger partial charge in [-0.1, -0.05) is 18.2 Å². The number of thioether (sulfide) groups is 1.